The van der Waals surface area contributed by atoms with Crippen molar-refractivity contribution in [3.63, 3.8) is 0 Å². The van der Waals surface area contributed by atoms with Gasteiger partial charge in [-0.25, -0.2) is 14.4 Å². The van der Waals surface area contributed by atoms with Gasteiger partial charge in [0.1, 0.15) is 11.6 Å². The Morgan fingerprint density at radius 3 is 2.67 bits per heavy atom. The van der Waals surface area contributed by atoms with E-state index in [9.17, 15) is 9.50 Å². The van der Waals surface area contributed by atoms with Crippen LogP contribution in [0.2, 0.25) is 0 Å². The summed E-state index contributed by atoms with van der Waals surface area (Å²) in [6.45, 7) is 0. The molecule has 0 spiro atoms. The van der Waals surface area contributed by atoms with Crippen molar-refractivity contribution in [3.05, 3.63) is 66.6 Å². The first-order valence-corrected chi connectivity index (χ1v) is 6.36. The predicted molar refractivity (Wildman–Crippen MR) is 78.8 cm³/mol. The zero-order valence-corrected chi connectivity index (χ0v) is 11.0. The lowest BCUT2D eigenvalue weighted by Crippen LogP contribution is -1.98. The molecular formula is C16H12FN3O. The molecule has 0 atom stereocenters. The summed E-state index contributed by atoms with van der Waals surface area (Å²) in [6.07, 6.45) is 1.61. The highest BCUT2D eigenvalue weighted by Crippen LogP contribution is 2.22. The number of hydrogen-bond donors (Lipinski definition) is 2. The molecule has 2 aromatic carbocycles. The largest absolute Gasteiger partial charge is 0.508 e. The highest BCUT2D eigenvalue weighted by Gasteiger charge is 2.04. The minimum Gasteiger partial charge on any atom is -0.508 e. The van der Waals surface area contributed by atoms with Gasteiger partial charge in [-0.2, -0.15) is 0 Å². The summed E-state index contributed by atoms with van der Waals surface area (Å²) in [6, 6.07) is 14.6. The van der Waals surface area contributed by atoms with Crippen LogP contribution in [0.25, 0.3) is 11.3 Å². The highest BCUT2D eigenvalue weighted by molar-refractivity contribution is 5.63. The number of phenols is 1. The average Bonchev–Trinajstić information content (AvgIpc) is 2.47. The summed E-state index contributed by atoms with van der Waals surface area (Å²) in [5.74, 6) is 0.205. The second-order valence-electron chi connectivity index (χ2n) is 4.45. The molecule has 0 aliphatic rings. The van der Waals surface area contributed by atoms with E-state index in [-0.39, 0.29) is 11.6 Å². The molecule has 0 aliphatic heterocycles. The van der Waals surface area contributed by atoms with Crippen LogP contribution in [0.1, 0.15) is 0 Å². The number of phenolic OH excluding ortho intramolecular Hbond substituents is 1. The van der Waals surface area contributed by atoms with E-state index in [4.69, 9.17) is 0 Å². The third-order valence-corrected chi connectivity index (χ3v) is 2.88. The fraction of sp³-hybridized carbons (Fsp3) is 0. The van der Waals surface area contributed by atoms with E-state index < -0.39 is 0 Å². The van der Waals surface area contributed by atoms with Crippen molar-refractivity contribution >= 4 is 11.6 Å². The quantitative estimate of drug-likeness (QED) is 0.768. The van der Waals surface area contributed by atoms with Crippen LogP contribution >= 0.6 is 0 Å². The van der Waals surface area contributed by atoms with Gasteiger partial charge in [-0.3, -0.25) is 0 Å². The Kier molecular flexibility index (Phi) is 3.47. The third-order valence-electron chi connectivity index (χ3n) is 2.88. The first-order chi connectivity index (χ1) is 10.2. The van der Waals surface area contributed by atoms with E-state index in [2.05, 4.69) is 15.3 Å². The number of nitrogens with zero attached hydrogens (tertiary/aromatic N) is 2. The second-order valence-corrected chi connectivity index (χ2v) is 4.45. The maximum absolute atomic E-state index is 13.1. The lowest BCUT2D eigenvalue weighted by atomic mass is 10.1. The van der Waals surface area contributed by atoms with Gasteiger partial charge in [-0.15, -0.1) is 0 Å². The number of benzene rings is 2. The van der Waals surface area contributed by atoms with Crippen molar-refractivity contribution in [2.75, 3.05) is 5.32 Å². The van der Waals surface area contributed by atoms with Gasteiger partial charge in [-0.1, -0.05) is 18.2 Å². The van der Waals surface area contributed by atoms with Crippen LogP contribution in [0.5, 0.6) is 5.75 Å². The van der Waals surface area contributed by atoms with Crippen molar-refractivity contribution in [1.82, 2.24) is 9.97 Å². The monoisotopic (exact) mass is 281 g/mol. The SMILES string of the molecule is Oc1cccc(-c2ccnc(Nc3cccc(F)c3)n2)c1. The van der Waals surface area contributed by atoms with Crippen LogP contribution in [-0.2, 0) is 0 Å². The normalized spacial score (nSPS) is 10.3. The molecule has 104 valence electrons. The molecule has 0 amide bonds. The Morgan fingerprint density at radius 2 is 1.86 bits per heavy atom. The molecule has 0 unspecified atom stereocenters. The molecule has 2 N–H and O–H groups in total. The lowest BCUT2D eigenvalue weighted by molar-refractivity contribution is 0.475. The zero-order chi connectivity index (χ0) is 14.7. The predicted octanol–water partition coefficient (Wildman–Crippen LogP) is 3.73. The van der Waals surface area contributed by atoms with Crippen molar-refractivity contribution < 1.29 is 9.50 Å². The fourth-order valence-corrected chi connectivity index (χ4v) is 1.94. The van der Waals surface area contributed by atoms with Crippen molar-refractivity contribution in [2.45, 2.75) is 0 Å². The number of anilines is 2. The standard InChI is InChI=1S/C16H12FN3O/c17-12-4-2-5-13(10-12)19-16-18-8-7-15(20-16)11-3-1-6-14(21)9-11/h1-10,21H,(H,18,19,20). The number of halogens is 1. The molecule has 3 rings (SSSR count). The summed E-state index contributed by atoms with van der Waals surface area (Å²) in [4.78, 5) is 8.46. The number of rotatable bonds is 3. The molecule has 0 saturated heterocycles. The Balaban J connectivity index is 1.90. The molecule has 0 saturated carbocycles. The Labute approximate surface area is 120 Å². The summed E-state index contributed by atoms with van der Waals surface area (Å²) < 4.78 is 13.1. The highest BCUT2D eigenvalue weighted by atomic mass is 19.1. The molecule has 0 fully saturated rings. The van der Waals surface area contributed by atoms with Gasteiger partial charge in [0.05, 0.1) is 5.69 Å². The smallest absolute Gasteiger partial charge is 0.227 e. The third kappa shape index (κ3) is 3.14. The topological polar surface area (TPSA) is 58.0 Å². The number of hydrogen-bond acceptors (Lipinski definition) is 4. The van der Waals surface area contributed by atoms with Crippen LogP contribution in [0.3, 0.4) is 0 Å². The Bertz CT molecular complexity index is 777. The van der Waals surface area contributed by atoms with Crippen molar-refractivity contribution in [1.29, 1.82) is 0 Å². The fourth-order valence-electron chi connectivity index (χ4n) is 1.94. The number of nitrogens with one attached hydrogen (secondary N) is 1. The van der Waals surface area contributed by atoms with Crippen LogP contribution in [0.15, 0.2) is 60.8 Å². The van der Waals surface area contributed by atoms with Gasteiger partial charge in [0.25, 0.3) is 0 Å². The molecule has 3 aromatic rings. The van der Waals surface area contributed by atoms with E-state index >= 15 is 0 Å². The molecule has 1 heterocycles. The van der Waals surface area contributed by atoms with Crippen LogP contribution < -0.4 is 5.32 Å². The minimum absolute atomic E-state index is 0.172. The first kappa shape index (κ1) is 13.1. The maximum atomic E-state index is 13.1. The summed E-state index contributed by atoms with van der Waals surface area (Å²) >= 11 is 0. The first-order valence-electron chi connectivity index (χ1n) is 6.36. The molecule has 4 nitrogen and oxygen atoms in total. The van der Waals surface area contributed by atoms with Crippen LogP contribution in [-0.4, -0.2) is 15.1 Å². The van der Waals surface area contributed by atoms with Gasteiger partial charge < -0.3 is 10.4 Å². The summed E-state index contributed by atoms with van der Waals surface area (Å²) in [5, 5.41) is 12.5. The average molecular weight is 281 g/mol. The molecule has 21 heavy (non-hydrogen) atoms. The number of aromatic hydroxyl groups is 1. The maximum Gasteiger partial charge on any atom is 0.227 e. The van der Waals surface area contributed by atoms with Crippen LogP contribution in [0.4, 0.5) is 16.0 Å². The van der Waals surface area contributed by atoms with Crippen molar-refractivity contribution in [2.24, 2.45) is 0 Å². The van der Waals surface area contributed by atoms with Gasteiger partial charge in [0, 0.05) is 17.4 Å². The van der Waals surface area contributed by atoms with Gasteiger partial charge >= 0.3 is 0 Å². The summed E-state index contributed by atoms with van der Waals surface area (Å²) in [7, 11) is 0. The van der Waals surface area contributed by atoms with Gasteiger partial charge in [-0.05, 0) is 36.4 Å². The minimum atomic E-state index is -0.330. The van der Waals surface area contributed by atoms with E-state index in [1.165, 1.54) is 12.1 Å². The van der Waals surface area contributed by atoms with E-state index in [0.29, 0.717) is 17.3 Å². The summed E-state index contributed by atoms with van der Waals surface area (Å²) in [5.41, 5.74) is 2.02. The molecule has 5 heteroatoms. The zero-order valence-electron chi connectivity index (χ0n) is 11.0. The van der Waals surface area contributed by atoms with Crippen LogP contribution in [0, 0.1) is 5.82 Å². The van der Waals surface area contributed by atoms with Gasteiger partial charge in [0.2, 0.25) is 5.95 Å². The van der Waals surface area contributed by atoms with E-state index in [1.54, 1.807) is 42.6 Å². The molecule has 0 aliphatic carbocycles. The molecule has 0 bridgehead atoms. The van der Waals surface area contributed by atoms with E-state index in [0.717, 1.165) is 5.56 Å². The Hall–Kier alpha value is -2.95. The Morgan fingerprint density at radius 1 is 1.00 bits per heavy atom. The molecular weight excluding hydrogens is 269 g/mol. The second kappa shape index (κ2) is 5.58. The number of aromatic nitrogens is 2. The molecule has 0 radical (unpaired) electrons. The van der Waals surface area contributed by atoms with E-state index in [1.807, 2.05) is 6.07 Å². The van der Waals surface area contributed by atoms with Crippen molar-refractivity contribution in [3.8, 4) is 17.0 Å². The molecule has 1 aromatic heterocycles. The lowest BCUT2D eigenvalue weighted by Gasteiger charge is -2.07. The van der Waals surface area contributed by atoms with Gasteiger partial charge in [0.15, 0.2) is 0 Å².